The van der Waals surface area contributed by atoms with E-state index in [0.29, 0.717) is 6.54 Å². The summed E-state index contributed by atoms with van der Waals surface area (Å²) in [4.78, 5) is 14.6. The Balaban J connectivity index is 1.68. The van der Waals surface area contributed by atoms with E-state index in [9.17, 15) is 4.79 Å². The number of likely N-dealkylation sites (N-methyl/N-ethyl adjacent to an activating group) is 1. The molecular weight excluding hydrogens is 280 g/mol. The third kappa shape index (κ3) is 2.90. The van der Waals surface area contributed by atoms with Gasteiger partial charge in [0, 0.05) is 13.6 Å². The highest BCUT2D eigenvalue weighted by Crippen LogP contribution is 2.34. The minimum atomic E-state index is -0.111. The van der Waals surface area contributed by atoms with Crippen molar-refractivity contribution in [3.8, 4) is 11.5 Å². The van der Waals surface area contributed by atoms with Crippen molar-refractivity contribution in [3.63, 3.8) is 0 Å². The average molecular weight is 304 g/mol. The van der Waals surface area contributed by atoms with Gasteiger partial charge in [-0.2, -0.15) is 0 Å². The van der Waals surface area contributed by atoms with E-state index in [2.05, 4.69) is 19.2 Å². The number of rotatable bonds is 3. The van der Waals surface area contributed by atoms with Crippen LogP contribution in [0.4, 0.5) is 0 Å². The van der Waals surface area contributed by atoms with Crippen LogP contribution in [0.15, 0.2) is 18.2 Å². The van der Waals surface area contributed by atoms with Crippen molar-refractivity contribution >= 4 is 5.91 Å². The van der Waals surface area contributed by atoms with Gasteiger partial charge in [-0.3, -0.25) is 4.79 Å². The van der Waals surface area contributed by atoms with E-state index in [1.54, 1.807) is 4.90 Å². The van der Waals surface area contributed by atoms with E-state index in [1.807, 2.05) is 25.2 Å². The largest absolute Gasteiger partial charge is 0.454 e. The number of hydrogen-bond acceptors (Lipinski definition) is 4. The summed E-state index contributed by atoms with van der Waals surface area (Å²) in [7, 11) is 1.86. The van der Waals surface area contributed by atoms with Crippen LogP contribution in [0.5, 0.6) is 11.5 Å². The maximum atomic E-state index is 12.8. The summed E-state index contributed by atoms with van der Waals surface area (Å²) in [5.74, 6) is 1.68. The molecule has 5 nitrogen and oxygen atoms in total. The van der Waals surface area contributed by atoms with Gasteiger partial charge in [0.1, 0.15) is 0 Å². The second kappa shape index (κ2) is 5.80. The number of ether oxygens (including phenoxy) is 2. The van der Waals surface area contributed by atoms with E-state index >= 15 is 0 Å². The molecule has 1 unspecified atom stereocenters. The van der Waals surface area contributed by atoms with Crippen LogP contribution in [0.3, 0.4) is 0 Å². The SMILES string of the molecule is CN(Cc1ccc2c(c1)OCO2)C(=O)C1NCCCC1(C)C. The van der Waals surface area contributed by atoms with Gasteiger partial charge in [-0.05, 0) is 42.5 Å². The maximum Gasteiger partial charge on any atom is 0.240 e. The van der Waals surface area contributed by atoms with E-state index < -0.39 is 0 Å². The summed E-state index contributed by atoms with van der Waals surface area (Å²) in [5.41, 5.74) is 1.05. The molecule has 2 heterocycles. The number of piperidine rings is 1. The summed E-state index contributed by atoms with van der Waals surface area (Å²) >= 11 is 0. The number of carbonyl (C=O) groups excluding carboxylic acids is 1. The van der Waals surface area contributed by atoms with E-state index in [-0.39, 0.29) is 24.2 Å². The third-order valence-electron chi connectivity index (χ3n) is 4.61. The minimum Gasteiger partial charge on any atom is -0.454 e. The number of nitrogens with one attached hydrogen (secondary N) is 1. The van der Waals surface area contributed by atoms with Crippen molar-refractivity contribution < 1.29 is 14.3 Å². The average Bonchev–Trinajstić information content (AvgIpc) is 2.93. The molecule has 1 N–H and O–H groups in total. The molecule has 0 aromatic heterocycles. The lowest BCUT2D eigenvalue weighted by atomic mass is 9.77. The molecule has 0 spiro atoms. The number of benzene rings is 1. The molecule has 2 aliphatic rings. The summed E-state index contributed by atoms with van der Waals surface area (Å²) in [5, 5.41) is 3.38. The van der Waals surface area contributed by atoms with Crippen LogP contribution in [0.1, 0.15) is 32.3 Å². The Morgan fingerprint density at radius 2 is 2.14 bits per heavy atom. The Labute approximate surface area is 131 Å². The molecule has 5 heteroatoms. The Bertz CT molecular complexity index is 571. The highest BCUT2D eigenvalue weighted by atomic mass is 16.7. The standard InChI is InChI=1S/C17H24N2O3/c1-17(2)7-4-8-18-15(17)16(20)19(3)10-12-5-6-13-14(9-12)22-11-21-13/h5-6,9,15,18H,4,7-8,10-11H2,1-3H3. The quantitative estimate of drug-likeness (QED) is 0.929. The van der Waals surface area contributed by atoms with Crippen molar-refractivity contribution in [2.24, 2.45) is 5.41 Å². The molecule has 1 fully saturated rings. The molecule has 120 valence electrons. The minimum absolute atomic E-state index is 0.00151. The van der Waals surface area contributed by atoms with E-state index in [1.165, 1.54) is 0 Å². The van der Waals surface area contributed by atoms with Crippen molar-refractivity contribution in [3.05, 3.63) is 23.8 Å². The Hall–Kier alpha value is -1.75. The summed E-state index contributed by atoms with van der Waals surface area (Å²) in [6, 6.07) is 5.72. The zero-order valence-corrected chi connectivity index (χ0v) is 13.5. The summed E-state index contributed by atoms with van der Waals surface area (Å²) < 4.78 is 10.7. The van der Waals surface area contributed by atoms with Crippen LogP contribution in [0.25, 0.3) is 0 Å². The first kappa shape index (κ1) is 15.2. The lowest BCUT2D eigenvalue weighted by Crippen LogP contribution is -2.55. The van der Waals surface area contributed by atoms with Gasteiger partial charge in [-0.1, -0.05) is 19.9 Å². The molecule has 0 bridgehead atoms. The highest BCUT2D eigenvalue weighted by Gasteiger charge is 2.38. The van der Waals surface area contributed by atoms with Crippen LogP contribution in [-0.2, 0) is 11.3 Å². The van der Waals surface area contributed by atoms with Gasteiger partial charge in [0.25, 0.3) is 0 Å². The highest BCUT2D eigenvalue weighted by molar-refractivity contribution is 5.82. The predicted molar refractivity (Wildman–Crippen MR) is 83.8 cm³/mol. The number of carbonyl (C=O) groups is 1. The molecule has 0 saturated carbocycles. The van der Waals surface area contributed by atoms with Crippen LogP contribution >= 0.6 is 0 Å². The second-order valence-electron chi connectivity index (χ2n) is 6.86. The Kier molecular flexibility index (Phi) is 4.00. The normalized spacial score (nSPS) is 22.4. The van der Waals surface area contributed by atoms with Gasteiger partial charge < -0.3 is 19.7 Å². The molecule has 0 aliphatic carbocycles. The fraction of sp³-hybridized carbons (Fsp3) is 0.588. The molecular formula is C17H24N2O3. The smallest absolute Gasteiger partial charge is 0.240 e. The van der Waals surface area contributed by atoms with Crippen molar-refractivity contribution in [2.75, 3.05) is 20.4 Å². The first-order valence-corrected chi connectivity index (χ1v) is 7.84. The van der Waals surface area contributed by atoms with Gasteiger partial charge >= 0.3 is 0 Å². The molecule has 1 amide bonds. The van der Waals surface area contributed by atoms with Crippen molar-refractivity contribution in [2.45, 2.75) is 39.3 Å². The van der Waals surface area contributed by atoms with Crippen molar-refractivity contribution in [1.29, 1.82) is 0 Å². The van der Waals surface area contributed by atoms with E-state index in [0.717, 1.165) is 36.4 Å². The molecule has 0 radical (unpaired) electrons. The zero-order chi connectivity index (χ0) is 15.7. The van der Waals surface area contributed by atoms with Crippen LogP contribution in [0, 0.1) is 5.41 Å². The first-order valence-electron chi connectivity index (χ1n) is 7.84. The van der Waals surface area contributed by atoms with Crippen molar-refractivity contribution in [1.82, 2.24) is 10.2 Å². The fourth-order valence-electron chi connectivity index (χ4n) is 3.24. The lowest BCUT2D eigenvalue weighted by molar-refractivity contribution is -0.136. The number of nitrogens with zero attached hydrogens (tertiary/aromatic N) is 1. The molecule has 1 aromatic rings. The zero-order valence-electron chi connectivity index (χ0n) is 13.5. The first-order chi connectivity index (χ1) is 10.5. The van der Waals surface area contributed by atoms with Crippen LogP contribution in [0.2, 0.25) is 0 Å². The molecule has 2 aliphatic heterocycles. The van der Waals surface area contributed by atoms with Gasteiger partial charge in [0.2, 0.25) is 12.7 Å². The number of fused-ring (bicyclic) bond motifs is 1. The van der Waals surface area contributed by atoms with Gasteiger partial charge in [-0.25, -0.2) is 0 Å². The second-order valence-corrected chi connectivity index (χ2v) is 6.86. The van der Waals surface area contributed by atoms with Gasteiger partial charge in [-0.15, -0.1) is 0 Å². The van der Waals surface area contributed by atoms with Crippen LogP contribution < -0.4 is 14.8 Å². The van der Waals surface area contributed by atoms with E-state index in [4.69, 9.17) is 9.47 Å². The van der Waals surface area contributed by atoms with Gasteiger partial charge in [0.15, 0.2) is 11.5 Å². The predicted octanol–water partition coefficient (Wildman–Crippen LogP) is 2.15. The van der Waals surface area contributed by atoms with Crippen LogP contribution in [-0.4, -0.2) is 37.2 Å². The topological polar surface area (TPSA) is 50.8 Å². The Morgan fingerprint density at radius 3 is 2.91 bits per heavy atom. The fourth-order valence-corrected chi connectivity index (χ4v) is 3.24. The maximum absolute atomic E-state index is 12.8. The number of hydrogen-bond donors (Lipinski definition) is 1. The molecule has 22 heavy (non-hydrogen) atoms. The molecule has 3 rings (SSSR count). The summed E-state index contributed by atoms with van der Waals surface area (Å²) in [6.45, 7) is 6.08. The molecule has 1 saturated heterocycles. The third-order valence-corrected chi connectivity index (χ3v) is 4.61. The monoisotopic (exact) mass is 304 g/mol. The molecule has 1 atom stereocenters. The number of amides is 1. The lowest BCUT2D eigenvalue weighted by Gasteiger charge is -2.40. The molecule has 1 aromatic carbocycles. The van der Waals surface area contributed by atoms with Gasteiger partial charge in [0.05, 0.1) is 6.04 Å². The Morgan fingerprint density at radius 1 is 1.36 bits per heavy atom. The summed E-state index contributed by atoms with van der Waals surface area (Å²) in [6.07, 6.45) is 2.21.